The Bertz CT molecular complexity index is 533. The molecule has 0 saturated carbocycles. The van der Waals surface area contributed by atoms with Gasteiger partial charge in [0.25, 0.3) is 0 Å². The molecule has 0 bridgehead atoms. The molecule has 0 aliphatic heterocycles. The maximum absolute atomic E-state index is 5.73. The van der Waals surface area contributed by atoms with Crippen LogP contribution in [0.25, 0.3) is 10.2 Å². The molecule has 2 heterocycles. The number of rotatable bonds is 9. The van der Waals surface area contributed by atoms with Gasteiger partial charge >= 0.3 is 0 Å². The second-order valence-electron chi connectivity index (χ2n) is 4.05. The Kier molecular flexibility index (Phi) is 5.97. The Morgan fingerprint density at radius 3 is 2.90 bits per heavy atom. The van der Waals surface area contributed by atoms with Crippen LogP contribution in [0.15, 0.2) is 11.4 Å². The van der Waals surface area contributed by atoms with Gasteiger partial charge in [0, 0.05) is 27.2 Å². The minimum atomic E-state index is 0.568. The normalized spacial score (nSPS) is 10.9. The topological polar surface area (TPSA) is 65.5 Å². The van der Waals surface area contributed by atoms with Gasteiger partial charge in [0.1, 0.15) is 4.83 Å². The van der Waals surface area contributed by atoms with Crippen molar-refractivity contribution in [3.8, 4) is 5.88 Å². The van der Waals surface area contributed by atoms with Crippen molar-refractivity contribution in [2.45, 2.75) is 6.42 Å². The maximum Gasteiger partial charge on any atom is 0.227 e. The molecule has 0 spiro atoms. The zero-order chi connectivity index (χ0) is 14.2. The highest BCUT2D eigenvalue weighted by Gasteiger charge is 2.09. The fraction of sp³-hybridized carbons (Fsp3) is 0.538. The van der Waals surface area contributed by atoms with Gasteiger partial charge in [-0.2, -0.15) is 4.98 Å². The number of anilines is 1. The summed E-state index contributed by atoms with van der Waals surface area (Å²) < 4.78 is 16.0. The van der Waals surface area contributed by atoms with Crippen molar-refractivity contribution in [1.29, 1.82) is 0 Å². The minimum absolute atomic E-state index is 0.568. The van der Waals surface area contributed by atoms with Crippen LogP contribution in [0.2, 0.25) is 0 Å². The molecule has 0 saturated heterocycles. The van der Waals surface area contributed by atoms with Crippen molar-refractivity contribution < 1.29 is 14.2 Å². The summed E-state index contributed by atoms with van der Waals surface area (Å²) in [5, 5.41) is 5.88. The van der Waals surface area contributed by atoms with Crippen molar-refractivity contribution >= 4 is 27.5 Å². The molecule has 0 aliphatic rings. The first-order valence-corrected chi connectivity index (χ1v) is 7.35. The van der Waals surface area contributed by atoms with Gasteiger partial charge in [-0.1, -0.05) is 0 Å². The maximum atomic E-state index is 5.73. The average molecular weight is 297 g/mol. The number of nitrogens with one attached hydrogen (secondary N) is 1. The third-order valence-corrected chi connectivity index (χ3v) is 3.42. The molecule has 0 atom stereocenters. The summed E-state index contributed by atoms with van der Waals surface area (Å²) in [4.78, 5) is 9.64. The average Bonchev–Trinajstić information content (AvgIpc) is 2.94. The van der Waals surface area contributed by atoms with Crippen LogP contribution in [-0.2, 0) is 9.47 Å². The lowest BCUT2D eigenvalue weighted by Crippen LogP contribution is -2.08. The summed E-state index contributed by atoms with van der Waals surface area (Å²) in [6, 6.07) is 1.98. The van der Waals surface area contributed by atoms with E-state index >= 15 is 0 Å². The summed E-state index contributed by atoms with van der Waals surface area (Å²) in [5.41, 5.74) is 0. The third-order valence-electron chi connectivity index (χ3n) is 2.62. The largest absolute Gasteiger partial charge is 0.477 e. The first kappa shape index (κ1) is 15.0. The van der Waals surface area contributed by atoms with Crippen molar-refractivity contribution in [1.82, 2.24) is 9.97 Å². The molecule has 0 radical (unpaired) electrons. The van der Waals surface area contributed by atoms with Gasteiger partial charge in [0.05, 0.1) is 25.2 Å². The molecule has 0 aliphatic carbocycles. The summed E-state index contributed by atoms with van der Waals surface area (Å²) in [5.74, 6) is 1.20. The van der Waals surface area contributed by atoms with Crippen LogP contribution in [0, 0.1) is 0 Å². The van der Waals surface area contributed by atoms with Crippen LogP contribution in [0.3, 0.4) is 0 Å². The molecule has 2 aromatic rings. The van der Waals surface area contributed by atoms with Gasteiger partial charge in [-0.05, 0) is 11.4 Å². The van der Waals surface area contributed by atoms with Gasteiger partial charge in [0.15, 0.2) is 0 Å². The smallest absolute Gasteiger partial charge is 0.227 e. The van der Waals surface area contributed by atoms with E-state index in [2.05, 4.69) is 15.3 Å². The predicted octanol–water partition coefficient (Wildman–Crippen LogP) is 2.16. The summed E-state index contributed by atoms with van der Waals surface area (Å²) in [6.07, 6.45) is 0.814. The standard InChI is InChI=1S/C13H19N3O3S/c1-14-13-15-11(10-4-9-20-12(10)16-13)19-6-3-5-18-8-7-17-2/h4,9H,3,5-8H2,1-2H3,(H,14,15,16). The molecule has 20 heavy (non-hydrogen) atoms. The Morgan fingerprint density at radius 1 is 1.20 bits per heavy atom. The quantitative estimate of drug-likeness (QED) is 0.716. The van der Waals surface area contributed by atoms with E-state index in [1.165, 1.54) is 0 Å². The second-order valence-corrected chi connectivity index (χ2v) is 4.94. The number of thiophene rings is 1. The molecule has 0 unspecified atom stereocenters. The third kappa shape index (κ3) is 4.03. The highest BCUT2D eigenvalue weighted by atomic mass is 32.1. The van der Waals surface area contributed by atoms with E-state index in [0.717, 1.165) is 16.6 Å². The molecule has 6 nitrogen and oxygen atoms in total. The van der Waals surface area contributed by atoms with Gasteiger partial charge in [0.2, 0.25) is 11.8 Å². The molecule has 7 heteroatoms. The number of nitrogens with zero attached hydrogens (tertiary/aromatic N) is 2. The number of methoxy groups -OCH3 is 1. The summed E-state index contributed by atoms with van der Waals surface area (Å²) in [6.45, 7) is 2.45. The number of hydrogen-bond acceptors (Lipinski definition) is 7. The fourth-order valence-electron chi connectivity index (χ4n) is 1.62. The highest BCUT2D eigenvalue weighted by Crippen LogP contribution is 2.27. The molecule has 2 aromatic heterocycles. The van der Waals surface area contributed by atoms with Crippen LogP contribution in [0.4, 0.5) is 5.95 Å². The van der Waals surface area contributed by atoms with Crippen molar-refractivity contribution in [3.05, 3.63) is 11.4 Å². The Labute approximate surface area is 122 Å². The minimum Gasteiger partial charge on any atom is -0.477 e. The van der Waals surface area contributed by atoms with Gasteiger partial charge in [-0.3, -0.25) is 0 Å². The SMILES string of the molecule is CNc1nc(OCCCOCCOC)c2ccsc2n1. The Morgan fingerprint density at radius 2 is 2.10 bits per heavy atom. The van der Waals surface area contributed by atoms with Crippen LogP contribution in [0.1, 0.15) is 6.42 Å². The zero-order valence-electron chi connectivity index (χ0n) is 11.7. The van der Waals surface area contributed by atoms with E-state index in [9.17, 15) is 0 Å². The van der Waals surface area contributed by atoms with E-state index in [1.54, 1.807) is 25.5 Å². The van der Waals surface area contributed by atoms with Crippen LogP contribution < -0.4 is 10.1 Å². The second kappa shape index (κ2) is 7.98. The lowest BCUT2D eigenvalue weighted by atomic mass is 10.4. The van der Waals surface area contributed by atoms with E-state index in [-0.39, 0.29) is 0 Å². The van der Waals surface area contributed by atoms with Crippen molar-refractivity contribution in [2.24, 2.45) is 0 Å². The molecular weight excluding hydrogens is 278 g/mol. The summed E-state index contributed by atoms with van der Waals surface area (Å²) in [7, 11) is 3.45. The molecular formula is C13H19N3O3S. The fourth-order valence-corrected chi connectivity index (χ4v) is 2.38. The summed E-state index contributed by atoms with van der Waals surface area (Å²) >= 11 is 1.57. The molecule has 110 valence electrons. The molecule has 0 amide bonds. The van der Waals surface area contributed by atoms with E-state index in [1.807, 2.05) is 11.4 Å². The van der Waals surface area contributed by atoms with Crippen molar-refractivity contribution in [2.75, 3.05) is 45.9 Å². The number of ether oxygens (including phenoxy) is 3. The number of fused-ring (bicyclic) bond motifs is 1. The van der Waals surface area contributed by atoms with E-state index < -0.39 is 0 Å². The zero-order valence-corrected chi connectivity index (χ0v) is 12.5. The molecule has 0 fully saturated rings. The Balaban J connectivity index is 1.84. The van der Waals surface area contributed by atoms with Crippen LogP contribution in [-0.4, -0.2) is 50.6 Å². The molecule has 2 rings (SSSR count). The van der Waals surface area contributed by atoms with Crippen LogP contribution in [0.5, 0.6) is 5.88 Å². The first-order valence-electron chi connectivity index (χ1n) is 6.47. The van der Waals surface area contributed by atoms with Gasteiger partial charge in [-0.25, -0.2) is 4.98 Å². The number of hydrogen-bond donors (Lipinski definition) is 1. The first-order chi connectivity index (χ1) is 9.85. The highest BCUT2D eigenvalue weighted by molar-refractivity contribution is 7.16. The monoisotopic (exact) mass is 297 g/mol. The van der Waals surface area contributed by atoms with E-state index in [0.29, 0.717) is 38.3 Å². The lowest BCUT2D eigenvalue weighted by molar-refractivity contribution is 0.0643. The lowest BCUT2D eigenvalue weighted by Gasteiger charge is -2.08. The van der Waals surface area contributed by atoms with E-state index in [4.69, 9.17) is 14.2 Å². The van der Waals surface area contributed by atoms with Crippen LogP contribution >= 0.6 is 11.3 Å². The van der Waals surface area contributed by atoms with Gasteiger partial charge in [-0.15, -0.1) is 11.3 Å². The number of aromatic nitrogens is 2. The van der Waals surface area contributed by atoms with Gasteiger partial charge < -0.3 is 19.5 Å². The predicted molar refractivity (Wildman–Crippen MR) is 79.8 cm³/mol. The molecule has 0 aromatic carbocycles. The Hall–Kier alpha value is -1.44. The van der Waals surface area contributed by atoms with Crippen molar-refractivity contribution in [3.63, 3.8) is 0 Å². The molecule has 1 N–H and O–H groups in total.